The number of hydrogen-bond donors (Lipinski definition) is 2. The third-order valence-corrected chi connectivity index (χ3v) is 2.17. The molecule has 5 heteroatoms. The molecule has 0 bridgehead atoms. The Labute approximate surface area is 90.4 Å². The Bertz CT molecular complexity index is 231. The maximum Gasteiger partial charge on any atom is 0.331 e. The second kappa shape index (κ2) is 6.40. The fourth-order valence-electron chi connectivity index (χ4n) is 1.44. The minimum absolute atomic E-state index is 0.219. The van der Waals surface area contributed by atoms with E-state index in [1.54, 1.807) is 6.92 Å². The lowest BCUT2D eigenvalue weighted by atomic mass is 9.96. The number of esters is 1. The van der Waals surface area contributed by atoms with E-state index < -0.39 is 11.5 Å². The normalized spacial score (nSPS) is 14.1. The molecule has 0 aromatic heterocycles. The van der Waals surface area contributed by atoms with Crippen molar-refractivity contribution < 1.29 is 14.3 Å². The zero-order valence-corrected chi connectivity index (χ0v) is 9.63. The van der Waals surface area contributed by atoms with Crippen LogP contribution < -0.4 is 11.1 Å². The smallest absolute Gasteiger partial charge is 0.331 e. The van der Waals surface area contributed by atoms with E-state index in [1.165, 1.54) is 7.11 Å². The molecule has 0 saturated heterocycles. The standard InChI is InChI=1S/C10H20N2O3/c1-4-6-10(2,9(14)15-3)12-8(13)5-7-11/h4-7,11H2,1-3H3,(H,12,13). The van der Waals surface area contributed by atoms with Crippen LogP contribution in [0.4, 0.5) is 0 Å². The SMILES string of the molecule is CCCC(C)(NC(=O)CCN)C(=O)OC. The first-order valence-corrected chi connectivity index (χ1v) is 5.09. The van der Waals surface area contributed by atoms with E-state index in [-0.39, 0.29) is 18.9 Å². The molecule has 0 rings (SSSR count). The fraction of sp³-hybridized carbons (Fsp3) is 0.800. The van der Waals surface area contributed by atoms with Gasteiger partial charge in [0.15, 0.2) is 0 Å². The number of nitrogens with two attached hydrogens (primary N) is 1. The molecule has 0 aliphatic rings. The van der Waals surface area contributed by atoms with Gasteiger partial charge in [0.1, 0.15) is 5.54 Å². The molecule has 0 aromatic rings. The summed E-state index contributed by atoms with van der Waals surface area (Å²) in [5, 5.41) is 2.65. The predicted molar refractivity (Wildman–Crippen MR) is 57.1 cm³/mol. The Hall–Kier alpha value is -1.10. The van der Waals surface area contributed by atoms with Gasteiger partial charge in [-0.2, -0.15) is 0 Å². The molecule has 0 radical (unpaired) electrons. The van der Waals surface area contributed by atoms with Crippen LogP contribution in [0.25, 0.3) is 0 Å². The molecule has 88 valence electrons. The van der Waals surface area contributed by atoms with E-state index in [2.05, 4.69) is 10.1 Å². The van der Waals surface area contributed by atoms with Gasteiger partial charge in [-0.25, -0.2) is 4.79 Å². The van der Waals surface area contributed by atoms with Crippen LogP contribution in [0.3, 0.4) is 0 Å². The Morgan fingerprint density at radius 2 is 2.07 bits per heavy atom. The highest BCUT2D eigenvalue weighted by Crippen LogP contribution is 2.14. The summed E-state index contributed by atoms with van der Waals surface area (Å²) in [5.74, 6) is -0.645. The molecule has 0 spiro atoms. The maximum absolute atomic E-state index is 11.5. The van der Waals surface area contributed by atoms with Gasteiger partial charge in [0, 0.05) is 13.0 Å². The van der Waals surface area contributed by atoms with Crippen molar-refractivity contribution in [3.8, 4) is 0 Å². The third-order valence-electron chi connectivity index (χ3n) is 2.17. The monoisotopic (exact) mass is 216 g/mol. The quantitative estimate of drug-likeness (QED) is 0.621. The minimum Gasteiger partial charge on any atom is -0.467 e. The number of carbonyl (C=O) groups is 2. The highest BCUT2D eigenvalue weighted by molar-refractivity contribution is 5.87. The number of ether oxygens (including phenoxy) is 1. The summed E-state index contributed by atoms with van der Waals surface area (Å²) in [6, 6.07) is 0. The summed E-state index contributed by atoms with van der Waals surface area (Å²) in [6.45, 7) is 3.88. The van der Waals surface area contributed by atoms with Crippen LogP contribution in [-0.4, -0.2) is 31.1 Å². The Morgan fingerprint density at radius 3 is 2.47 bits per heavy atom. The van der Waals surface area contributed by atoms with Gasteiger partial charge in [0.05, 0.1) is 7.11 Å². The minimum atomic E-state index is -0.935. The van der Waals surface area contributed by atoms with E-state index in [0.29, 0.717) is 6.42 Å². The van der Waals surface area contributed by atoms with Crippen LogP contribution in [0.1, 0.15) is 33.1 Å². The zero-order chi connectivity index (χ0) is 11.9. The van der Waals surface area contributed by atoms with Crippen LogP contribution >= 0.6 is 0 Å². The highest BCUT2D eigenvalue weighted by atomic mass is 16.5. The molecule has 3 N–H and O–H groups in total. The van der Waals surface area contributed by atoms with E-state index in [9.17, 15) is 9.59 Å². The lowest BCUT2D eigenvalue weighted by Gasteiger charge is -2.27. The van der Waals surface area contributed by atoms with Gasteiger partial charge >= 0.3 is 5.97 Å². The number of nitrogens with one attached hydrogen (secondary N) is 1. The summed E-state index contributed by atoms with van der Waals surface area (Å²) in [5.41, 5.74) is 4.32. The van der Waals surface area contributed by atoms with Gasteiger partial charge < -0.3 is 15.8 Å². The van der Waals surface area contributed by atoms with Gasteiger partial charge in [0.2, 0.25) is 5.91 Å². The number of rotatable bonds is 6. The zero-order valence-electron chi connectivity index (χ0n) is 9.63. The summed E-state index contributed by atoms with van der Waals surface area (Å²) in [7, 11) is 1.31. The van der Waals surface area contributed by atoms with Crippen molar-refractivity contribution in [2.24, 2.45) is 5.73 Å². The van der Waals surface area contributed by atoms with Gasteiger partial charge in [-0.1, -0.05) is 13.3 Å². The van der Waals surface area contributed by atoms with Crippen molar-refractivity contribution in [1.82, 2.24) is 5.32 Å². The Morgan fingerprint density at radius 1 is 1.47 bits per heavy atom. The Kier molecular flexibility index (Phi) is 5.93. The van der Waals surface area contributed by atoms with Crippen LogP contribution in [0.15, 0.2) is 0 Å². The van der Waals surface area contributed by atoms with Crippen molar-refractivity contribution in [1.29, 1.82) is 0 Å². The molecule has 0 saturated carbocycles. The van der Waals surface area contributed by atoms with Crippen LogP contribution in [-0.2, 0) is 14.3 Å². The second-order valence-electron chi connectivity index (χ2n) is 3.66. The largest absolute Gasteiger partial charge is 0.467 e. The molecular weight excluding hydrogens is 196 g/mol. The first-order chi connectivity index (χ1) is 7.00. The molecule has 0 aliphatic carbocycles. The van der Waals surface area contributed by atoms with Crippen LogP contribution in [0.5, 0.6) is 0 Å². The lowest BCUT2D eigenvalue weighted by Crippen LogP contribution is -2.53. The van der Waals surface area contributed by atoms with Crippen molar-refractivity contribution in [3.05, 3.63) is 0 Å². The lowest BCUT2D eigenvalue weighted by molar-refractivity contribution is -0.150. The third kappa shape index (κ3) is 4.29. The topological polar surface area (TPSA) is 81.4 Å². The van der Waals surface area contributed by atoms with Crippen molar-refractivity contribution in [2.45, 2.75) is 38.6 Å². The average Bonchev–Trinajstić information content (AvgIpc) is 2.17. The first kappa shape index (κ1) is 13.9. The molecule has 0 fully saturated rings. The molecule has 5 nitrogen and oxygen atoms in total. The van der Waals surface area contributed by atoms with E-state index in [0.717, 1.165) is 6.42 Å². The molecule has 1 unspecified atom stereocenters. The number of methoxy groups -OCH3 is 1. The van der Waals surface area contributed by atoms with Gasteiger partial charge in [0.25, 0.3) is 0 Å². The molecule has 0 aromatic carbocycles. The predicted octanol–water partition coefficient (Wildman–Crippen LogP) is 0.183. The molecule has 0 aliphatic heterocycles. The summed E-state index contributed by atoms with van der Waals surface area (Å²) in [4.78, 5) is 22.9. The number of amides is 1. The average molecular weight is 216 g/mol. The summed E-state index contributed by atoms with van der Waals surface area (Å²) in [6.07, 6.45) is 1.56. The van der Waals surface area contributed by atoms with E-state index >= 15 is 0 Å². The van der Waals surface area contributed by atoms with E-state index in [1.807, 2.05) is 6.92 Å². The highest BCUT2D eigenvalue weighted by Gasteiger charge is 2.34. The molecule has 0 heterocycles. The molecule has 1 amide bonds. The van der Waals surface area contributed by atoms with Gasteiger partial charge in [-0.3, -0.25) is 4.79 Å². The van der Waals surface area contributed by atoms with E-state index in [4.69, 9.17) is 5.73 Å². The van der Waals surface area contributed by atoms with Crippen LogP contribution in [0.2, 0.25) is 0 Å². The number of carbonyl (C=O) groups excluding carboxylic acids is 2. The molecular formula is C10H20N2O3. The van der Waals surface area contributed by atoms with Crippen molar-refractivity contribution in [3.63, 3.8) is 0 Å². The fourth-order valence-corrected chi connectivity index (χ4v) is 1.44. The first-order valence-electron chi connectivity index (χ1n) is 5.09. The van der Waals surface area contributed by atoms with Gasteiger partial charge in [-0.05, 0) is 13.3 Å². The maximum atomic E-state index is 11.5. The molecule has 15 heavy (non-hydrogen) atoms. The van der Waals surface area contributed by atoms with Gasteiger partial charge in [-0.15, -0.1) is 0 Å². The number of hydrogen-bond acceptors (Lipinski definition) is 4. The Balaban J connectivity index is 4.50. The molecule has 1 atom stereocenters. The second-order valence-corrected chi connectivity index (χ2v) is 3.66. The summed E-state index contributed by atoms with van der Waals surface area (Å²) >= 11 is 0. The summed E-state index contributed by atoms with van der Waals surface area (Å²) < 4.78 is 4.66. The van der Waals surface area contributed by atoms with Crippen molar-refractivity contribution in [2.75, 3.05) is 13.7 Å². The van der Waals surface area contributed by atoms with Crippen LogP contribution in [0, 0.1) is 0 Å². The van der Waals surface area contributed by atoms with Crippen molar-refractivity contribution >= 4 is 11.9 Å².